The molecule has 1 saturated carbocycles. The third kappa shape index (κ3) is 10.5. The molecule has 0 bridgehead atoms. The molecular weight excluding hydrogens is 505 g/mol. The lowest BCUT2D eigenvalue weighted by atomic mass is 9.72. The van der Waals surface area contributed by atoms with Gasteiger partial charge in [-0.1, -0.05) is 87.8 Å². The molecule has 0 aromatic carbocycles. The smallest absolute Gasteiger partial charge is 0.0673 e. The van der Waals surface area contributed by atoms with Gasteiger partial charge in [0.05, 0.1) is 5.85 Å². The average molecular weight is 568 g/mol. The molecule has 0 radical (unpaired) electrons. The Morgan fingerprint density at radius 3 is 2.62 bits per heavy atom. The maximum Gasteiger partial charge on any atom is 0.0673 e. The van der Waals surface area contributed by atoms with Crippen LogP contribution in [0.2, 0.25) is 0 Å². The molecule has 7 atom stereocenters. The predicted octanol–water partition coefficient (Wildman–Crippen LogP) is 10.1. The van der Waals surface area contributed by atoms with Crippen LogP contribution in [0.25, 0.3) is 0 Å². The van der Waals surface area contributed by atoms with Gasteiger partial charge in [0.25, 0.3) is 0 Å². The van der Waals surface area contributed by atoms with Crippen LogP contribution in [0.5, 0.6) is 0 Å². The standard InChI is InChI=1S/C37H62NOP/c1-28-24-34(31-21-18-30(19-22-31)14-8-4-11-17-37(39)40)26-35(25-28)33(23-20-29-12-6-3-7-13-29)27-36(38-2)32-15-9-5-10-16-32/h6,12,21,23-24,28-30,32,35-39H,3-5,7-11,13-20,22,25-27,40H2,1-2H3/b33-23+. The first-order valence-electron chi connectivity index (χ1n) is 17.4. The number of allylic oxidation sites excluding steroid dienone is 7. The van der Waals surface area contributed by atoms with Gasteiger partial charge in [-0.2, -0.15) is 0 Å². The van der Waals surface area contributed by atoms with E-state index in [1.54, 1.807) is 16.7 Å². The molecule has 226 valence electrons. The van der Waals surface area contributed by atoms with Crippen LogP contribution in [0.4, 0.5) is 0 Å². The molecular formula is C37H62NOP. The van der Waals surface area contributed by atoms with Crippen LogP contribution < -0.4 is 5.32 Å². The maximum atomic E-state index is 9.47. The fourth-order valence-corrected chi connectivity index (χ4v) is 8.53. The second-order valence-electron chi connectivity index (χ2n) is 14.0. The van der Waals surface area contributed by atoms with Gasteiger partial charge in [0, 0.05) is 6.04 Å². The van der Waals surface area contributed by atoms with Crippen LogP contribution in [-0.4, -0.2) is 24.0 Å². The zero-order chi connectivity index (χ0) is 28.2. The minimum atomic E-state index is -0.217. The highest BCUT2D eigenvalue weighted by atomic mass is 31.0. The third-order valence-electron chi connectivity index (χ3n) is 10.8. The molecule has 0 heterocycles. The lowest BCUT2D eigenvalue weighted by molar-refractivity contribution is 0.246. The van der Waals surface area contributed by atoms with E-state index in [-0.39, 0.29) is 5.85 Å². The Labute approximate surface area is 250 Å². The van der Waals surface area contributed by atoms with Crippen molar-refractivity contribution in [3.63, 3.8) is 0 Å². The molecule has 40 heavy (non-hydrogen) atoms. The van der Waals surface area contributed by atoms with Gasteiger partial charge in [-0.3, -0.25) is 0 Å². The zero-order valence-corrected chi connectivity index (χ0v) is 27.2. The molecule has 0 spiro atoms. The van der Waals surface area contributed by atoms with Gasteiger partial charge in [-0.15, -0.1) is 9.24 Å². The van der Waals surface area contributed by atoms with Crippen LogP contribution >= 0.6 is 9.24 Å². The minimum Gasteiger partial charge on any atom is -0.389 e. The van der Waals surface area contributed by atoms with Crippen molar-refractivity contribution in [2.24, 2.45) is 29.6 Å². The Balaban J connectivity index is 1.39. The van der Waals surface area contributed by atoms with Crippen molar-refractivity contribution in [3.8, 4) is 0 Å². The van der Waals surface area contributed by atoms with Crippen molar-refractivity contribution in [1.29, 1.82) is 0 Å². The SMILES string of the molecule is CNC(C/C(=C\CC1C=CCCC1)C1CC(C2=CCC(CCCCCC(O)P)CC2)=CC(C)C1)C1CCCCC1. The fraction of sp³-hybridized carbons (Fsp3) is 0.784. The van der Waals surface area contributed by atoms with E-state index >= 15 is 0 Å². The molecule has 4 aliphatic carbocycles. The molecule has 0 amide bonds. The quantitative estimate of drug-likeness (QED) is 0.124. The van der Waals surface area contributed by atoms with E-state index in [4.69, 9.17) is 0 Å². The van der Waals surface area contributed by atoms with Gasteiger partial charge in [0.1, 0.15) is 0 Å². The average Bonchev–Trinajstić information content (AvgIpc) is 2.98. The normalized spacial score (nSPS) is 30.1. The minimum absolute atomic E-state index is 0.217. The molecule has 2 nitrogen and oxygen atoms in total. The van der Waals surface area contributed by atoms with E-state index in [1.807, 2.05) is 0 Å². The maximum absolute atomic E-state index is 9.47. The summed E-state index contributed by atoms with van der Waals surface area (Å²) in [4.78, 5) is 0. The number of unbranched alkanes of at least 4 members (excludes halogenated alkanes) is 2. The number of aliphatic hydroxyl groups is 1. The first-order chi connectivity index (χ1) is 19.5. The summed E-state index contributed by atoms with van der Waals surface area (Å²) in [5.41, 5.74) is 5.16. The molecule has 0 aromatic rings. The summed E-state index contributed by atoms with van der Waals surface area (Å²) in [5, 5.41) is 13.3. The summed E-state index contributed by atoms with van der Waals surface area (Å²) >= 11 is 0. The van der Waals surface area contributed by atoms with Crippen LogP contribution in [0.1, 0.15) is 135 Å². The van der Waals surface area contributed by atoms with Crippen LogP contribution in [0.15, 0.2) is 47.1 Å². The second kappa shape index (κ2) is 17.4. The predicted molar refractivity (Wildman–Crippen MR) is 177 cm³/mol. The molecule has 0 aliphatic heterocycles. The van der Waals surface area contributed by atoms with E-state index in [1.165, 1.54) is 116 Å². The van der Waals surface area contributed by atoms with Crippen molar-refractivity contribution < 1.29 is 5.11 Å². The Hall–Kier alpha value is -0.690. The fourth-order valence-electron chi connectivity index (χ4n) is 8.30. The van der Waals surface area contributed by atoms with Gasteiger partial charge in [-0.05, 0) is 131 Å². The van der Waals surface area contributed by atoms with Gasteiger partial charge in [0.2, 0.25) is 0 Å². The van der Waals surface area contributed by atoms with Crippen LogP contribution in [-0.2, 0) is 0 Å². The number of hydrogen-bond acceptors (Lipinski definition) is 2. The van der Waals surface area contributed by atoms with Crippen molar-refractivity contribution in [2.75, 3.05) is 7.05 Å². The van der Waals surface area contributed by atoms with Crippen molar-refractivity contribution >= 4 is 9.24 Å². The van der Waals surface area contributed by atoms with E-state index < -0.39 is 0 Å². The number of nitrogens with one attached hydrogen (secondary N) is 1. The Kier molecular flexibility index (Phi) is 14.0. The van der Waals surface area contributed by atoms with Gasteiger partial charge >= 0.3 is 0 Å². The Bertz CT molecular complexity index is 863. The highest BCUT2D eigenvalue weighted by Gasteiger charge is 2.30. The van der Waals surface area contributed by atoms with Gasteiger partial charge < -0.3 is 10.4 Å². The Morgan fingerprint density at radius 1 is 1.07 bits per heavy atom. The van der Waals surface area contributed by atoms with E-state index in [0.717, 1.165) is 30.6 Å². The summed E-state index contributed by atoms with van der Waals surface area (Å²) in [6.07, 6.45) is 39.2. The lowest BCUT2D eigenvalue weighted by Crippen LogP contribution is -2.36. The van der Waals surface area contributed by atoms with E-state index in [0.29, 0.717) is 17.9 Å². The monoisotopic (exact) mass is 567 g/mol. The van der Waals surface area contributed by atoms with Gasteiger partial charge in [-0.25, -0.2) is 0 Å². The number of hydrogen-bond donors (Lipinski definition) is 2. The van der Waals surface area contributed by atoms with Crippen molar-refractivity contribution in [1.82, 2.24) is 5.32 Å². The highest BCUT2D eigenvalue weighted by Crippen LogP contribution is 2.42. The second-order valence-corrected chi connectivity index (χ2v) is 14.8. The summed E-state index contributed by atoms with van der Waals surface area (Å²) < 4.78 is 0. The molecule has 3 heteroatoms. The lowest BCUT2D eigenvalue weighted by Gasteiger charge is -2.36. The molecule has 4 rings (SSSR count). The van der Waals surface area contributed by atoms with Gasteiger partial charge in [0.15, 0.2) is 0 Å². The topological polar surface area (TPSA) is 32.3 Å². The van der Waals surface area contributed by atoms with Crippen molar-refractivity contribution in [2.45, 2.75) is 147 Å². The summed E-state index contributed by atoms with van der Waals surface area (Å²) in [7, 11) is 4.74. The van der Waals surface area contributed by atoms with Crippen LogP contribution in [0, 0.1) is 29.6 Å². The molecule has 7 unspecified atom stereocenters. The third-order valence-corrected chi connectivity index (χ3v) is 11.1. The highest BCUT2D eigenvalue weighted by molar-refractivity contribution is 7.17. The Morgan fingerprint density at radius 2 is 1.93 bits per heavy atom. The largest absolute Gasteiger partial charge is 0.389 e. The van der Waals surface area contributed by atoms with Crippen molar-refractivity contribution in [3.05, 3.63) is 47.1 Å². The number of rotatable bonds is 14. The van der Waals surface area contributed by atoms with E-state index in [9.17, 15) is 5.11 Å². The molecule has 0 saturated heterocycles. The summed E-state index contributed by atoms with van der Waals surface area (Å²) in [6.45, 7) is 2.47. The van der Waals surface area contributed by atoms with E-state index in [2.05, 4.69) is 58.9 Å². The zero-order valence-electron chi connectivity index (χ0n) is 26.1. The molecule has 0 aromatic heterocycles. The first-order valence-corrected chi connectivity index (χ1v) is 18.0. The van der Waals surface area contributed by atoms with Crippen LogP contribution in [0.3, 0.4) is 0 Å². The molecule has 4 aliphatic rings. The summed E-state index contributed by atoms with van der Waals surface area (Å²) in [5.74, 6) is 3.66. The summed E-state index contributed by atoms with van der Waals surface area (Å²) in [6, 6.07) is 0.645. The first kappa shape index (κ1) is 32.2. The molecule has 1 fully saturated rings. The molecule has 2 N–H and O–H groups in total. The number of aliphatic hydroxyl groups excluding tert-OH is 1.